The number of ether oxygens (including phenoxy) is 1. The van der Waals surface area contributed by atoms with Gasteiger partial charge in [0.1, 0.15) is 0 Å². The lowest BCUT2D eigenvalue weighted by Crippen LogP contribution is -2.44. The van der Waals surface area contributed by atoms with Gasteiger partial charge in [0.15, 0.2) is 0 Å². The van der Waals surface area contributed by atoms with Gasteiger partial charge in [-0.05, 0) is 44.4 Å². The molecular formula is C14H26N2O2. The minimum atomic E-state index is 0.109. The summed E-state index contributed by atoms with van der Waals surface area (Å²) in [5, 5.41) is 3.02. The molecule has 0 spiro atoms. The topological polar surface area (TPSA) is 41.6 Å². The quantitative estimate of drug-likeness (QED) is 0.840. The molecule has 18 heavy (non-hydrogen) atoms. The Morgan fingerprint density at radius 1 is 1.28 bits per heavy atom. The van der Waals surface area contributed by atoms with Crippen LogP contribution >= 0.6 is 0 Å². The molecule has 2 rings (SSSR count). The summed E-state index contributed by atoms with van der Waals surface area (Å²) >= 11 is 0. The summed E-state index contributed by atoms with van der Waals surface area (Å²) in [4.78, 5) is 13.9. The number of urea groups is 1. The Bertz CT molecular complexity index is 257. The van der Waals surface area contributed by atoms with Crippen LogP contribution in [0, 0.1) is 5.92 Å². The number of nitrogens with one attached hydrogen (secondary N) is 1. The van der Waals surface area contributed by atoms with Gasteiger partial charge in [0, 0.05) is 26.2 Å². The summed E-state index contributed by atoms with van der Waals surface area (Å²) in [6.45, 7) is 5.72. The normalized spacial score (nSPS) is 26.1. The first kappa shape index (κ1) is 13.7. The van der Waals surface area contributed by atoms with Gasteiger partial charge < -0.3 is 15.0 Å². The number of amides is 2. The molecular weight excluding hydrogens is 228 g/mol. The molecule has 4 heteroatoms. The van der Waals surface area contributed by atoms with Crippen molar-refractivity contribution < 1.29 is 9.53 Å². The van der Waals surface area contributed by atoms with E-state index in [2.05, 4.69) is 12.2 Å². The fraction of sp³-hybridized carbons (Fsp3) is 0.929. The highest BCUT2D eigenvalue weighted by Gasteiger charge is 2.20. The van der Waals surface area contributed by atoms with E-state index in [0.717, 1.165) is 57.8 Å². The molecule has 1 atom stereocenters. The number of nitrogens with zero attached hydrogens (tertiary/aromatic N) is 1. The number of piperidine rings is 1. The van der Waals surface area contributed by atoms with Crippen LogP contribution in [0.1, 0.15) is 45.4 Å². The van der Waals surface area contributed by atoms with Crippen LogP contribution in [0.3, 0.4) is 0 Å². The minimum absolute atomic E-state index is 0.109. The fourth-order valence-electron chi connectivity index (χ4n) is 2.70. The second kappa shape index (κ2) is 6.98. The Balaban J connectivity index is 1.59. The number of carbonyl (C=O) groups excluding carboxylic acids is 1. The smallest absolute Gasteiger partial charge is 0.317 e. The summed E-state index contributed by atoms with van der Waals surface area (Å²) in [6.07, 6.45) is 7.20. The fourth-order valence-corrected chi connectivity index (χ4v) is 2.70. The van der Waals surface area contributed by atoms with Gasteiger partial charge >= 0.3 is 6.03 Å². The van der Waals surface area contributed by atoms with Gasteiger partial charge in [0.05, 0.1) is 6.10 Å². The van der Waals surface area contributed by atoms with Crippen molar-refractivity contribution in [1.29, 1.82) is 0 Å². The first-order valence-electron chi connectivity index (χ1n) is 7.40. The molecule has 1 unspecified atom stereocenters. The van der Waals surface area contributed by atoms with Crippen LogP contribution in [0.5, 0.6) is 0 Å². The molecule has 104 valence electrons. The first-order chi connectivity index (χ1) is 8.75. The Morgan fingerprint density at radius 3 is 2.72 bits per heavy atom. The Kier molecular flexibility index (Phi) is 5.29. The molecule has 0 aromatic heterocycles. The number of hydrogen-bond donors (Lipinski definition) is 1. The molecule has 0 saturated carbocycles. The lowest BCUT2D eigenvalue weighted by Gasteiger charge is -2.30. The molecule has 1 N–H and O–H groups in total. The molecule has 0 aliphatic carbocycles. The average molecular weight is 254 g/mol. The zero-order chi connectivity index (χ0) is 12.8. The maximum Gasteiger partial charge on any atom is 0.317 e. The molecule has 0 aromatic rings. The molecule has 2 fully saturated rings. The van der Waals surface area contributed by atoms with Gasteiger partial charge in [-0.1, -0.05) is 6.92 Å². The van der Waals surface area contributed by atoms with Crippen molar-refractivity contribution in [2.45, 2.75) is 51.6 Å². The second-order valence-corrected chi connectivity index (χ2v) is 5.68. The molecule has 4 nitrogen and oxygen atoms in total. The molecule has 2 amide bonds. The third-order valence-corrected chi connectivity index (χ3v) is 4.09. The van der Waals surface area contributed by atoms with Crippen LogP contribution in [0.4, 0.5) is 4.79 Å². The van der Waals surface area contributed by atoms with Crippen LogP contribution < -0.4 is 5.32 Å². The average Bonchev–Trinajstić information content (AvgIpc) is 2.40. The number of likely N-dealkylation sites (tertiary alicyclic amines) is 1. The van der Waals surface area contributed by atoms with Crippen molar-refractivity contribution in [3.63, 3.8) is 0 Å². The molecule has 0 bridgehead atoms. The SMILES string of the molecule is CC1CCN(C(=O)NCCC2CCCCO2)CC1. The van der Waals surface area contributed by atoms with Gasteiger partial charge in [0.2, 0.25) is 0 Å². The van der Waals surface area contributed by atoms with Gasteiger partial charge in [-0.15, -0.1) is 0 Å². The molecule has 0 radical (unpaired) electrons. The summed E-state index contributed by atoms with van der Waals surface area (Å²) in [7, 11) is 0. The van der Waals surface area contributed by atoms with E-state index in [4.69, 9.17) is 4.74 Å². The molecule has 2 heterocycles. The Morgan fingerprint density at radius 2 is 2.06 bits per heavy atom. The maximum absolute atomic E-state index is 11.9. The van der Waals surface area contributed by atoms with Crippen LogP contribution in [0.25, 0.3) is 0 Å². The van der Waals surface area contributed by atoms with Crippen LogP contribution in [-0.2, 0) is 4.74 Å². The predicted molar refractivity (Wildman–Crippen MR) is 71.6 cm³/mol. The number of rotatable bonds is 3. The van der Waals surface area contributed by atoms with Crippen LogP contribution in [-0.4, -0.2) is 43.3 Å². The van der Waals surface area contributed by atoms with E-state index in [0.29, 0.717) is 6.10 Å². The third-order valence-electron chi connectivity index (χ3n) is 4.09. The van der Waals surface area contributed by atoms with Crippen molar-refractivity contribution >= 4 is 6.03 Å². The van der Waals surface area contributed by atoms with Gasteiger partial charge in [0.25, 0.3) is 0 Å². The Labute approximate surface area is 110 Å². The van der Waals surface area contributed by atoms with Crippen molar-refractivity contribution in [3.8, 4) is 0 Å². The summed E-state index contributed by atoms with van der Waals surface area (Å²) in [5.41, 5.74) is 0. The van der Waals surface area contributed by atoms with Crippen molar-refractivity contribution in [1.82, 2.24) is 10.2 Å². The molecule has 2 aliphatic rings. The van der Waals surface area contributed by atoms with Crippen molar-refractivity contribution in [3.05, 3.63) is 0 Å². The number of carbonyl (C=O) groups is 1. The molecule has 2 saturated heterocycles. The van der Waals surface area contributed by atoms with E-state index in [1.54, 1.807) is 0 Å². The predicted octanol–water partition coefficient (Wildman–Crippen LogP) is 2.39. The van der Waals surface area contributed by atoms with E-state index < -0.39 is 0 Å². The van der Waals surface area contributed by atoms with Crippen LogP contribution in [0.2, 0.25) is 0 Å². The van der Waals surface area contributed by atoms with E-state index >= 15 is 0 Å². The standard InChI is InChI=1S/C14H26N2O2/c1-12-6-9-16(10-7-12)14(17)15-8-5-13-4-2-3-11-18-13/h12-13H,2-11H2,1H3,(H,15,17). The van der Waals surface area contributed by atoms with E-state index in [9.17, 15) is 4.79 Å². The van der Waals surface area contributed by atoms with Crippen molar-refractivity contribution in [2.24, 2.45) is 5.92 Å². The molecule has 2 aliphatic heterocycles. The summed E-state index contributed by atoms with van der Waals surface area (Å²) in [6, 6.07) is 0.109. The van der Waals surface area contributed by atoms with E-state index in [1.807, 2.05) is 4.90 Å². The van der Waals surface area contributed by atoms with Gasteiger partial charge in [-0.2, -0.15) is 0 Å². The monoisotopic (exact) mass is 254 g/mol. The van der Waals surface area contributed by atoms with Crippen LogP contribution in [0.15, 0.2) is 0 Å². The van der Waals surface area contributed by atoms with E-state index in [1.165, 1.54) is 12.8 Å². The first-order valence-corrected chi connectivity index (χ1v) is 7.40. The highest BCUT2D eigenvalue weighted by atomic mass is 16.5. The zero-order valence-corrected chi connectivity index (χ0v) is 11.5. The molecule has 0 aromatic carbocycles. The largest absolute Gasteiger partial charge is 0.378 e. The number of hydrogen-bond acceptors (Lipinski definition) is 2. The van der Waals surface area contributed by atoms with E-state index in [-0.39, 0.29) is 6.03 Å². The third kappa shape index (κ3) is 4.16. The summed E-state index contributed by atoms with van der Waals surface area (Å²) in [5.74, 6) is 0.768. The second-order valence-electron chi connectivity index (χ2n) is 5.68. The summed E-state index contributed by atoms with van der Waals surface area (Å²) < 4.78 is 5.65. The Hall–Kier alpha value is -0.770. The highest BCUT2D eigenvalue weighted by Crippen LogP contribution is 2.16. The van der Waals surface area contributed by atoms with Gasteiger partial charge in [-0.3, -0.25) is 0 Å². The van der Waals surface area contributed by atoms with Crippen molar-refractivity contribution in [2.75, 3.05) is 26.2 Å². The maximum atomic E-state index is 11.9. The lowest BCUT2D eigenvalue weighted by molar-refractivity contribution is 0.0118. The minimum Gasteiger partial charge on any atom is -0.378 e. The van der Waals surface area contributed by atoms with Gasteiger partial charge in [-0.25, -0.2) is 4.79 Å². The zero-order valence-electron chi connectivity index (χ0n) is 11.5. The highest BCUT2D eigenvalue weighted by molar-refractivity contribution is 5.74. The lowest BCUT2D eigenvalue weighted by atomic mass is 10.00.